The predicted molar refractivity (Wildman–Crippen MR) is 53.3 cm³/mol. The Morgan fingerprint density at radius 3 is 2.67 bits per heavy atom. The van der Waals surface area contributed by atoms with E-state index in [1.54, 1.807) is 0 Å². The van der Waals surface area contributed by atoms with Crippen LogP contribution < -0.4 is 4.74 Å². The number of sulfonamides is 1. The van der Waals surface area contributed by atoms with Crippen LogP contribution in [0, 0.1) is 0 Å². The highest BCUT2D eigenvalue weighted by Gasteiger charge is 2.14. The van der Waals surface area contributed by atoms with Crippen LogP contribution >= 0.6 is 11.6 Å². The number of halogens is 1. The van der Waals surface area contributed by atoms with Gasteiger partial charge < -0.3 is 4.74 Å². The number of nitrogens with zero attached hydrogens (tertiary/aromatic N) is 1. The van der Waals surface area contributed by atoms with Gasteiger partial charge in [0.2, 0.25) is 0 Å². The van der Waals surface area contributed by atoms with Gasteiger partial charge in [-0.3, -0.25) is 0 Å². The van der Waals surface area contributed by atoms with Crippen molar-refractivity contribution in [2.45, 2.75) is 4.90 Å². The van der Waals surface area contributed by atoms with Crippen LogP contribution in [0.1, 0.15) is 0 Å². The molecule has 80 valence electrons. The number of isocyanates is 1. The van der Waals surface area contributed by atoms with Crippen LogP contribution in [0.5, 0.6) is 5.75 Å². The summed E-state index contributed by atoms with van der Waals surface area (Å²) in [5.41, 5.74) is 0. The molecule has 0 N–H and O–H groups in total. The highest BCUT2D eigenvalue weighted by atomic mass is 35.5. The maximum atomic E-state index is 11.3. The molecule has 0 atom stereocenters. The fourth-order valence-electron chi connectivity index (χ4n) is 0.902. The summed E-state index contributed by atoms with van der Waals surface area (Å²) < 4.78 is 30.1. The van der Waals surface area contributed by atoms with Gasteiger partial charge in [0.05, 0.1) is 17.0 Å². The molecular weight excluding hydrogens is 242 g/mol. The van der Waals surface area contributed by atoms with E-state index in [0.29, 0.717) is 0 Å². The molecule has 0 unspecified atom stereocenters. The molecule has 0 aromatic heterocycles. The molecule has 0 bridgehead atoms. The number of rotatable bonds is 3. The molecule has 7 heteroatoms. The van der Waals surface area contributed by atoms with E-state index in [-0.39, 0.29) is 15.7 Å². The topological polar surface area (TPSA) is 72.8 Å². The number of carbonyl (C=O) groups excluding carboxylic acids is 1. The zero-order chi connectivity index (χ0) is 11.5. The number of hydrogen-bond acceptors (Lipinski definition) is 4. The van der Waals surface area contributed by atoms with E-state index >= 15 is 0 Å². The summed E-state index contributed by atoms with van der Waals surface area (Å²) in [5, 5.41) is 0.270. The minimum atomic E-state index is -4.00. The summed E-state index contributed by atoms with van der Waals surface area (Å²) >= 11 is 5.70. The highest BCUT2D eigenvalue weighted by Crippen LogP contribution is 2.27. The average Bonchev–Trinajstić information content (AvgIpc) is 2.18. The largest absolute Gasteiger partial charge is 0.495 e. The second-order valence-electron chi connectivity index (χ2n) is 2.45. The molecule has 0 amide bonds. The number of benzene rings is 1. The molecule has 0 spiro atoms. The van der Waals surface area contributed by atoms with Crippen LogP contribution in [0.3, 0.4) is 0 Å². The van der Waals surface area contributed by atoms with Crippen molar-refractivity contribution in [3.63, 3.8) is 0 Å². The van der Waals surface area contributed by atoms with E-state index in [9.17, 15) is 13.2 Å². The quantitative estimate of drug-likeness (QED) is 0.597. The number of hydrogen-bond donors (Lipinski definition) is 0. The number of methoxy groups -OCH3 is 1. The summed E-state index contributed by atoms with van der Waals surface area (Å²) in [7, 11) is -2.65. The van der Waals surface area contributed by atoms with Crippen LogP contribution in [-0.4, -0.2) is 21.6 Å². The van der Waals surface area contributed by atoms with Gasteiger partial charge in [-0.05, 0) is 12.1 Å². The van der Waals surface area contributed by atoms with E-state index in [1.807, 2.05) is 0 Å². The van der Waals surface area contributed by atoms with Gasteiger partial charge in [-0.2, -0.15) is 8.42 Å². The molecule has 15 heavy (non-hydrogen) atoms. The molecule has 0 radical (unpaired) electrons. The van der Waals surface area contributed by atoms with Gasteiger partial charge in [0.25, 0.3) is 16.1 Å². The molecule has 0 aliphatic heterocycles. The summed E-state index contributed by atoms with van der Waals surface area (Å²) in [6.45, 7) is 0. The summed E-state index contributed by atoms with van der Waals surface area (Å²) in [4.78, 5) is 9.71. The third-order valence-corrected chi connectivity index (χ3v) is 3.05. The Balaban J connectivity index is 3.35. The molecule has 0 saturated heterocycles. The first kappa shape index (κ1) is 11.7. The SMILES string of the molecule is COc1cc(S(=O)(=O)N=C=O)ccc1Cl. The Kier molecular flexibility index (Phi) is 3.47. The monoisotopic (exact) mass is 247 g/mol. The lowest BCUT2D eigenvalue weighted by Crippen LogP contribution is -1.97. The summed E-state index contributed by atoms with van der Waals surface area (Å²) in [5.74, 6) is 0.193. The molecule has 0 heterocycles. The van der Waals surface area contributed by atoms with E-state index in [1.165, 1.54) is 25.3 Å². The average molecular weight is 248 g/mol. The lowest BCUT2D eigenvalue weighted by Gasteiger charge is -2.03. The maximum Gasteiger partial charge on any atom is 0.292 e. The molecule has 0 fully saturated rings. The molecule has 0 aliphatic carbocycles. The summed E-state index contributed by atoms with van der Waals surface area (Å²) in [6, 6.07) is 3.74. The smallest absolute Gasteiger partial charge is 0.292 e. The minimum Gasteiger partial charge on any atom is -0.495 e. The van der Waals surface area contributed by atoms with Crippen molar-refractivity contribution in [2.75, 3.05) is 7.11 Å². The zero-order valence-electron chi connectivity index (χ0n) is 7.60. The van der Waals surface area contributed by atoms with Gasteiger partial charge in [0.1, 0.15) is 5.75 Å². The third kappa shape index (κ3) is 2.56. The van der Waals surface area contributed by atoms with E-state index < -0.39 is 10.0 Å². The molecule has 0 saturated carbocycles. The van der Waals surface area contributed by atoms with E-state index in [2.05, 4.69) is 4.40 Å². The second kappa shape index (κ2) is 4.44. The number of ether oxygens (including phenoxy) is 1. The van der Waals surface area contributed by atoms with Gasteiger partial charge in [-0.15, -0.1) is 0 Å². The van der Waals surface area contributed by atoms with Crippen molar-refractivity contribution in [1.82, 2.24) is 0 Å². The van der Waals surface area contributed by atoms with Gasteiger partial charge >= 0.3 is 0 Å². The van der Waals surface area contributed by atoms with Gasteiger partial charge in [-0.1, -0.05) is 16.0 Å². The molecule has 0 aliphatic rings. The van der Waals surface area contributed by atoms with Crippen molar-refractivity contribution in [3.05, 3.63) is 23.2 Å². The van der Waals surface area contributed by atoms with Crippen molar-refractivity contribution in [3.8, 4) is 5.75 Å². The molecule has 5 nitrogen and oxygen atoms in total. The highest BCUT2D eigenvalue weighted by molar-refractivity contribution is 7.90. The first-order chi connectivity index (χ1) is 7.01. The van der Waals surface area contributed by atoms with Crippen molar-refractivity contribution in [1.29, 1.82) is 0 Å². The van der Waals surface area contributed by atoms with E-state index in [4.69, 9.17) is 16.3 Å². The van der Waals surface area contributed by atoms with Crippen molar-refractivity contribution >= 4 is 27.7 Å². The Labute approximate surface area is 91.4 Å². The Morgan fingerprint density at radius 2 is 2.13 bits per heavy atom. The van der Waals surface area contributed by atoms with Gasteiger partial charge in [-0.25, -0.2) is 4.79 Å². The zero-order valence-corrected chi connectivity index (χ0v) is 9.17. The predicted octanol–water partition coefficient (Wildman–Crippen LogP) is 1.37. The normalized spacial score (nSPS) is 10.5. The molecule has 1 aromatic carbocycles. The van der Waals surface area contributed by atoms with Gasteiger partial charge in [0.15, 0.2) is 0 Å². The van der Waals surface area contributed by atoms with Crippen molar-refractivity contribution < 1.29 is 17.9 Å². The van der Waals surface area contributed by atoms with Crippen LogP contribution in [0.4, 0.5) is 0 Å². The maximum absolute atomic E-state index is 11.3. The fourth-order valence-corrected chi connectivity index (χ4v) is 1.80. The first-order valence-electron chi connectivity index (χ1n) is 3.69. The first-order valence-corrected chi connectivity index (χ1v) is 5.51. The van der Waals surface area contributed by atoms with Crippen LogP contribution in [0.25, 0.3) is 0 Å². The van der Waals surface area contributed by atoms with Crippen LogP contribution in [-0.2, 0) is 14.8 Å². The van der Waals surface area contributed by atoms with Gasteiger partial charge in [0, 0.05) is 6.07 Å². The van der Waals surface area contributed by atoms with E-state index in [0.717, 1.165) is 6.08 Å². The standard InChI is InChI=1S/C8H6ClNO4S/c1-14-8-4-6(2-3-7(8)9)15(12,13)10-5-11/h2-4H,1H3. The lowest BCUT2D eigenvalue weighted by molar-refractivity contribution is 0.413. The Hall–Kier alpha value is -1.36. The summed E-state index contributed by atoms with van der Waals surface area (Å²) in [6.07, 6.45) is 0.972. The minimum absolute atomic E-state index is 0.174. The fraction of sp³-hybridized carbons (Fsp3) is 0.125. The van der Waals surface area contributed by atoms with Crippen LogP contribution in [0.15, 0.2) is 27.5 Å². The van der Waals surface area contributed by atoms with Crippen molar-refractivity contribution in [2.24, 2.45) is 4.40 Å². The molecule has 1 aromatic rings. The molecular formula is C8H6ClNO4S. The third-order valence-electron chi connectivity index (χ3n) is 1.58. The Bertz CT molecular complexity index is 519. The molecule has 1 rings (SSSR count). The lowest BCUT2D eigenvalue weighted by atomic mass is 10.3. The van der Waals surface area contributed by atoms with Crippen LogP contribution in [0.2, 0.25) is 5.02 Å². The Morgan fingerprint density at radius 1 is 1.47 bits per heavy atom. The second-order valence-corrected chi connectivity index (χ2v) is 4.47.